The normalized spacial score (nSPS) is 7.71. The van der Waals surface area contributed by atoms with E-state index in [0.717, 1.165) is 5.88 Å². The Morgan fingerprint density at radius 1 is 1.29 bits per heavy atom. The maximum absolute atomic E-state index is 5.38. The molecule has 0 bridgehead atoms. The SMILES string of the molecule is CCCCCCl.[Au]. The summed E-state index contributed by atoms with van der Waals surface area (Å²) in [6.45, 7) is 2.17. The summed E-state index contributed by atoms with van der Waals surface area (Å²) in [4.78, 5) is 0. The third kappa shape index (κ3) is 11.0. The van der Waals surface area contributed by atoms with E-state index in [1.165, 1.54) is 19.3 Å². The molecule has 7 heavy (non-hydrogen) atoms. The van der Waals surface area contributed by atoms with Crippen molar-refractivity contribution in [2.24, 2.45) is 0 Å². The van der Waals surface area contributed by atoms with Crippen molar-refractivity contribution in [3.8, 4) is 0 Å². The van der Waals surface area contributed by atoms with E-state index in [4.69, 9.17) is 11.6 Å². The van der Waals surface area contributed by atoms with Crippen molar-refractivity contribution in [1.82, 2.24) is 0 Å². The van der Waals surface area contributed by atoms with Gasteiger partial charge in [-0.3, -0.25) is 0 Å². The van der Waals surface area contributed by atoms with Crippen LogP contribution in [0.5, 0.6) is 0 Å². The average Bonchev–Trinajstić information content (AvgIpc) is 1.61. The smallest absolute Gasteiger partial charge is 0.0223 e. The monoisotopic (exact) mass is 303 g/mol. The first kappa shape index (κ1) is 10.9. The van der Waals surface area contributed by atoms with Crippen LogP contribution in [0.15, 0.2) is 0 Å². The minimum Gasteiger partial charge on any atom is -0.127 e. The van der Waals surface area contributed by atoms with Crippen LogP contribution in [0.25, 0.3) is 0 Å². The number of hydrogen-bond acceptors (Lipinski definition) is 0. The Bertz CT molecular complexity index is 20.0. The second kappa shape index (κ2) is 10.1. The Balaban J connectivity index is 0. The van der Waals surface area contributed by atoms with E-state index in [2.05, 4.69) is 6.92 Å². The fraction of sp³-hybridized carbons (Fsp3) is 1.00. The zero-order chi connectivity index (χ0) is 4.83. The van der Waals surface area contributed by atoms with Gasteiger partial charge < -0.3 is 0 Å². The summed E-state index contributed by atoms with van der Waals surface area (Å²) in [6, 6.07) is 0. The molecule has 0 saturated heterocycles. The van der Waals surface area contributed by atoms with Crippen molar-refractivity contribution in [3.05, 3.63) is 0 Å². The summed E-state index contributed by atoms with van der Waals surface area (Å²) >= 11 is 5.38. The quantitative estimate of drug-likeness (QED) is 0.427. The van der Waals surface area contributed by atoms with Crippen molar-refractivity contribution < 1.29 is 22.4 Å². The van der Waals surface area contributed by atoms with Crippen molar-refractivity contribution in [2.75, 3.05) is 5.88 Å². The molecule has 0 aromatic heterocycles. The molecule has 0 fully saturated rings. The Hall–Kier alpha value is 1.03. The van der Waals surface area contributed by atoms with Crippen LogP contribution in [0.2, 0.25) is 0 Å². The summed E-state index contributed by atoms with van der Waals surface area (Å²) in [6.07, 6.45) is 3.73. The van der Waals surface area contributed by atoms with Crippen LogP contribution in [-0.4, -0.2) is 5.88 Å². The van der Waals surface area contributed by atoms with E-state index in [1.54, 1.807) is 0 Å². The minimum absolute atomic E-state index is 0. The maximum atomic E-state index is 5.38. The summed E-state index contributed by atoms with van der Waals surface area (Å²) in [7, 11) is 0. The van der Waals surface area contributed by atoms with E-state index in [9.17, 15) is 0 Å². The Morgan fingerprint density at radius 3 is 2.00 bits per heavy atom. The molecule has 0 aromatic carbocycles. The molecule has 0 N–H and O–H groups in total. The first-order valence-electron chi connectivity index (χ1n) is 2.47. The van der Waals surface area contributed by atoms with Gasteiger partial charge in [-0.05, 0) is 6.42 Å². The Kier molecular flexibility index (Phi) is 15.8. The zero-order valence-corrected chi connectivity index (χ0v) is 7.43. The summed E-state index contributed by atoms with van der Waals surface area (Å²) < 4.78 is 0. The van der Waals surface area contributed by atoms with Crippen molar-refractivity contribution >= 4 is 11.6 Å². The van der Waals surface area contributed by atoms with Crippen molar-refractivity contribution in [2.45, 2.75) is 26.2 Å². The fourth-order valence-electron chi connectivity index (χ4n) is 0.344. The molecule has 1 radical (unpaired) electrons. The number of halogens is 1. The second-order valence-electron chi connectivity index (χ2n) is 1.40. The molecule has 0 amide bonds. The molecule has 0 aromatic rings. The second-order valence-corrected chi connectivity index (χ2v) is 1.77. The molecule has 2 heteroatoms. The molecule has 0 aliphatic rings. The zero-order valence-electron chi connectivity index (χ0n) is 4.51. The van der Waals surface area contributed by atoms with Gasteiger partial charge in [0.2, 0.25) is 0 Å². The van der Waals surface area contributed by atoms with Crippen LogP contribution in [0.4, 0.5) is 0 Å². The average molecular weight is 304 g/mol. The summed E-state index contributed by atoms with van der Waals surface area (Å²) in [5.41, 5.74) is 0. The summed E-state index contributed by atoms with van der Waals surface area (Å²) in [5, 5.41) is 0. The van der Waals surface area contributed by atoms with Gasteiger partial charge in [-0.25, -0.2) is 0 Å². The number of rotatable bonds is 3. The third-order valence-electron chi connectivity index (χ3n) is 0.737. The molecule has 0 saturated carbocycles. The van der Waals surface area contributed by atoms with Crippen LogP contribution in [0, 0.1) is 0 Å². The number of alkyl halides is 1. The largest absolute Gasteiger partial charge is 0.127 e. The van der Waals surface area contributed by atoms with Gasteiger partial charge in [-0.15, -0.1) is 11.6 Å². The van der Waals surface area contributed by atoms with E-state index in [1.807, 2.05) is 0 Å². The summed E-state index contributed by atoms with van der Waals surface area (Å²) in [5.74, 6) is 0.827. The minimum atomic E-state index is 0. The molecule has 0 aliphatic carbocycles. The van der Waals surface area contributed by atoms with E-state index < -0.39 is 0 Å². The van der Waals surface area contributed by atoms with Gasteiger partial charge in [-0.2, -0.15) is 0 Å². The maximum Gasteiger partial charge on any atom is 0.0223 e. The first-order chi connectivity index (χ1) is 2.91. The number of unbranched alkanes of at least 4 members (excludes halogenated alkanes) is 2. The van der Waals surface area contributed by atoms with Crippen LogP contribution in [-0.2, 0) is 22.4 Å². The molecular formula is C5H11AuCl. The molecule has 49 valence electrons. The van der Waals surface area contributed by atoms with Gasteiger partial charge in [0.1, 0.15) is 0 Å². The van der Waals surface area contributed by atoms with Gasteiger partial charge in [-0.1, -0.05) is 19.8 Å². The van der Waals surface area contributed by atoms with Crippen molar-refractivity contribution in [3.63, 3.8) is 0 Å². The first-order valence-corrected chi connectivity index (χ1v) is 3.01. The van der Waals surface area contributed by atoms with Gasteiger partial charge in [0, 0.05) is 28.3 Å². The third-order valence-corrected chi connectivity index (χ3v) is 1.00. The van der Waals surface area contributed by atoms with E-state index in [0.29, 0.717) is 0 Å². The molecule has 0 atom stereocenters. The Labute approximate surface area is 66.1 Å². The van der Waals surface area contributed by atoms with Gasteiger partial charge in [0.25, 0.3) is 0 Å². The van der Waals surface area contributed by atoms with E-state index in [-0.39, 0.29) is 22.4 Å². The van der Waals surface area contributed by atoms with Gasteiger partial charge in [0.05, 0.1) is 0 Å². The Morgan fingerprint density at radius 2 is 1.86 bits per heavy atom. The molecule has 0 spiro atoms. The van der Waals surface area contributed by atoms with Crippen molar-refractivity contribution in [1.29, 1.82) is 0 Å². The van der Waals surface area contributed by atoms with Crippen LogP contribution in [0.3, 0.4) is 0 Å². The molecule has 0 aliphatic heterocycles. The van der Waals surface area contributed by atoms with Crippen LogP contribution in [0.1, 0.15) is 26.2 Å². The molecular weight excluding hydrogens is 292 g/mol. The standard InChI is InChI=1S/C5H11Cl.Au/c1-2-3-4-5-6;/h2-5H2,1H3;. The van der Waals surface area contributed by atoms with E-state index >= 15 is 0 Å². The fourth-order valence-corrected chi connectivity index (χ4v) is 0.533. The van der Waals surface area contributed by atoms with Crippen LogP contribution < -0.4 is 0 Å². The topological polar surface area (TPSA) is 0 Å². The molecule has 0 nitrogen and oxygen atoms in total. The molecule has 0 unspecified atom stereocenters. The molecule has 0 heterocycles. The molecule has 0 rings (SSSR count). The predicted octanol–water partition coefficient (Wildman–Crippen LogP) is 2.41. The number of hydrogen-bond donors (Lipinski definition) is 0. The van der Waals surface area contributed by atoms with Crippen LogP contribution >= 0.6 is 11.6 Å². The predicted molar refractivity (Wildman–Crippen MR) is 30.2 cm³/mol. The van der Waals surface area contributed by atoms with Gasteiger partial charge >= 0.3 is 0 Å². The van der Waals surface area contributed by atoms with Gasteiger partial charge in [0.15, 0.2) is 0 Å².